The molecule has 0 heterocycles. The Morgan fingerprint density at radius 3 is 1.06 bits per heavy atom. The predicted molar refractivity (Wildman–Crippen MR) is 71.8 cm³/mol. The van der Waals surface area contributed by atoms with E-state index in [4.69, 9.17) is 0 Å². The summed E-state index contributed by atoms with van der Waals surface area (Å²) in [7, 11) is 3.17. The Labute approximate surface area is 102 Å². The first-order valence-electron chi connectivity index (χ1n) is 3.51. The number of methoxy groups -OCH3 is 2. The monoisotopic (exact) mass is 240 g/mol. The maximum Gasteiger partial charge on any atom is 0.145 e. The van der Waals surface area contributed by atoms with Gasteiger partial charge in [0.2, 0.25) is 0 Å². The average molecular weight is 240 g/mol. The molecule has 4 heteroatoms. The van der Waals surface area contributed by atoms with Gasteiger partial charge < -0.3 is 9.47 Å². The summed E-state index contributed by atoms with van der Waals surface area (Å²) in [5, 5.41) is 0. The summed E-state index contributed by atoms with van der Waals surface area (Å²) >= 11 is 0. The lowest BCUT2D eigenvalue weighted by molar-refractivity contribution is -0.124. The summed E-state index contributed by atoms with van der Waals surface area (Å²) in [5.74, 6) is -0.125. The summed E-state index contributed by atoms with van der Waals surface area (Å²) in [4.78, 5) is 20.1. The molecular weight excluding hydrogens is 208 g/mol. The number of hydrogen-bond donors (Lipinski definition) is 0. The van der Waals surface area contributed by atoms with Crippen molar-refractivity contribution in [3.05, 3.63) is 0 Å². The summed E-state index contributed by atoms with van der Waals surface area (Å²) in [6, 6.07) is 0. The van der Waals surface area contributed by atoms with Gasteiger partial charge in [-0.2, -0.15) is 0 Å². The van der Waals surface area contributed by atoms with Crippen LogP contribution in [0.3, 0.4) is 0 Å². The minimum Gasteiger partial charge on any atom is -0.359 e. The van der Waals surface area contributed by atoms with Crippen LogP contribution in [0.2, 0.25) is 0 Å². The Bertz CT molecular complexity index is 119. The molecule has 0 atom stereocenters. The second-order valence-corrected chi connectivity index (χ2v) is 2.28. The van der Waals surface area contributed by atoms with Gasteiger partial charge in [-0.05, 0) is 13.8 Å². The largest absolute Gasteiger partial charge is 0.359 e. The van der Waals surface area contributed by atoms with Crippen LogP contribution in [0.5, 0.6) is 0 Å². The van der Waals surface area contributed by atoms with E-state index in [1.54, 1.807) is 14.2 Å². The van der Waals surface area contributed by atoms with Crippen molar-refractivity contribution in [2.24, 2.45) is 0 Å². The van der Waals surface area contributed by atoms with Crippen LogP contribution in [0.4, 0.5) is 0 Å². The second-order valence-electron chi connectivity index (χ2n) is 2.28. The van der Waals surface area contributed by atoms with E-state index in [0.717, 1.165) is 0 Å². The van der Waals surface area contributed by atoms with Crippen LogP contribution in [-0.4, -0.2) is 32.6 Å². The van der Waals surface area contributed by atoms with Crippen molar-refractivity contribution in [1.82, 2.24) is 0 Å². The van der Waals surface area contributed by atoms with E-state index in [1.165, 1.54) is 13.8 Å². The maximum atomic E-state index is 10.0. The lowest BCUT2D eigenvalue weighted by Crippen LogP contribution is -1.97. The van der Waals surface area contributed by atoms with E-state index in [1.807, 2.05) is 0 Å². The summed E-state index contributed by atoms with van der Waals surface area (Å²) < 4.78 is 8.94. The molecule has 0 spiro atoms. The molecule has 0 aromatic carbocycles. The third kappa shape index (κ3) is 72.0. The Hall–Kier alpha value is -0.740. The molecule has 0 fully saturated rings. The van der Waals surface area contributed by atoms with Gasteiger partial charge in [-0.25, -0.2) is 0 Å². The van der Waals surface area contributed by atoms with Crippen molar-refractivity contribution in [3.63, 3.8) is 0 Å². The lowest BCUT2D eigenvalue weighted by Gasteiger charge is -1.87. The van der Waals surface area contributed by atoms with E-state index >= 15 is 0 Å². The Balaban J connectivity index is -0.0000000258. The van der Waals surface area contributed by atoms with E-state index < -0.39 is 0 Å². The number of ketones is 2. The van der Waals surface area contributed by atoms with Crippen LogP contribution >= 0.6 is 0 Å². The Morgan fingerprint density at radius 1 is 0.812 bits per heavy atom. The van der Waals surface area contributed by atoms with E-state index in [9.17, 15) is 9.59 Å². The zero-order valence-electron chi connectivity index (χ0n) is 8.05. The number of carbonyl (C=O) groups excluding carboxylic acids is 2. The van der Waals surface area contributed by atoms with Crippen molar-refractivity contribution in [1.29, 1.82) is 0 Å². The molecule has 0 aromatic rings. The van der Waals surface area contributed by atoms with Gasteiger partial charge in [-0.1, -0.05) is 29.7 Å². The van der Waals surface area contributed by atoms with E-state index in [0.29, 0.717) is 6.79 Å². The summed E-state index contributed by atoms with van der Waals surface area (Å²) in [5.41, 5.74) is 0. The van der Waals surface area contributed by atoms with Gasteiger partial charge in [0, 0.05) is 14.2 Å². The maximum absolute atomic E-state index is 10.0. The van der Waals surface area contributed by atoms with Gasteiger partial charge in [0.25, 0.3) is 0 Å². The fourth-order valence-corrected chi connectivity index (χ4v) is 0.468. The molecular formula is C12H32O4. The fourth-order valence-electron chi connectivity index (χ4n) is 0.468. The van der Waals surface area contributed by atoms with Crippen LogP contribution < -0.4 is 0 Å². The zero-order valence-corrected chi connectivity index (χ0v) is 8.05. The molecule has 104 valence electrons. The van der Waals surface area contributed by atoms with Gasteiger partial charge in [0.1, 0.15) is 18.4 Å². The average Bonchev–Trinajstić information content (AvgIpc) is 1.87. The van der Waals surface area contributed by atoms with Gasteiger partial charge in [0.05, 0.1) is 6.42 Å². The Morgan fingerprint density at radius 2 is 1.06 bits per heavy atom. The lowest BCUT2D eigenvalue weighted by atomic mass is 10.2. The summed E-state index contributed by atoms with van der Waals surface area (Å²) in [6.45, 7) is 3.20. The molecule has 4 nitrogen and oxygen atoms in total. The molecule has 0 aliphatic heterocycles. The third-order valence-corrected chi connectivity index (χ3v) is 0.734. The van der Waals surface area contributed by atoms with E-state index in [2.05, 4.69) is 9.47 Å². The standard InChI is InChI=1S/C5H8O2.C3H8O2.4CH4/c1-4(6)3-5(2)7;1-4-3-5-2;;;;/h3H2,1-2H3;3H2,1-2H3;4*1H4. The van der Waals surface area contributed by atoms with Crippen molar-refractivity contribution in [3.8, 4) is 0 Å². The molecule has 0 radical (unpaired) electrons. The van der Waals surface area contributed by atoms with Crippen LogP contribution in [0, 0.1) is 0 Å². The molecule has 0 N–H and O–H groups in total. The molecule has 0 aromatic heterocycles. The minimum absolute atomic E-state index is 0. The first kappa shape index (κ1) is 36.2. The van der Waals surface area contributed by atoms with Crippen molar-refractivity contribution in [2.45, 2.75) is 50.0 Å². The quantitative estimate of drug-likeness (QED) is 0.558. The van der Waals surface area contributed by atoms with Crippen molar-refractivity contribution < 1.29 is 19.1 Å². The number of rotatable bonds is 4. The zero-order chi connectivity index (χ0) is 9.98. The highest BCUT2D eigenvalue weighted by atomic mass is 16.6. The highest BCUT2D eigenvalue weighted by Crippen LogP contribution is 1.80. The summed E-state index contributed by atoms with van der Waals surface area (Å²) in [6.07, 6.45) is 0.0833. The van der Waals surface area contributed by atoms with Gasteiger partial charge in [-0.3, -0.25) is 9.59 Å². The molecule has 0 aliphatic carbocycles. The molecule has 0 aliphatic rings. The number of carbonyl (C=O) groups is 2. The normalized spacial score (nSPS) is 6.25. The molecule has 16 heavy (non-hydrogen) atoms. The van der Waals surface area contributed by atoms with Crippen LogP contribution in [0.25, 0.3) is 0 Å². The van der Waals surface area contributed by atoms with Crippen LogP contribution in [0.1, 0.15) is 50.0 Å². The predicted octanol–water partition coefficient (Wildman–Crippen LogP) is 3.34. The molecule has 0 bridgehead atoms. The van der Waals surface area contributed by atoms with Crippen LogP contribution in [0.15, 0.2) is 0 Å². The third-order valence-electron chi connectivity index (χ3n) is 0.734. The number of ether oxygens (including phenoxy) is 2. The molecule has 0 saturated heterocycles. The molecule has 0 unspecified atom stereocenters. The van der Waals surface area contributed by atoms with Crippen molar-refractivity contribution >= 4 is 11.6 Å². The second kappa shape index (κ2) is 29.2. The number of hydrogen-bond acceptors (Lipinski definition) is 4. The van der Waals surface area contributed by atoms with Gasteiger partial charge in [0.15, 0.2) is 0 Å². The minimum atomic E-state index is -0.0625. The van der Waals surface area contributed by atoms with Gasteiger partial charge in [-0.15, -0.1) is 0 Å². The smallest absolute Gasteiger partial charge is 0.145 e. The highest BCUT2D eigenvalue weighted by molar-refractivity contribution is 5.96. The van der Waals surface area contributed by atoms with Crippen LogP contribution in [-0.2, 0) is 19.1 Å². The molecule has 0 saturated carbocycles. The fraction of sp³-hybridized carbons (Fsp3) is 0.833. The highest BCUT2D eigenvalue weighted by Gasteiger charge is 1.94. The molecule has 0 amide bonds. The van der Waals surface area contributed by atoms with E-state index in [-0.39, 0.29) is 47.7 Å². The first-order valence-corrected chi connectivity index (χ1v) is 3.51. The first-order chi connectivity index (χ1) is 5.54. The SMILES string of the molecule is C.C.C.C.CC(=O)CC(C)=O.COCOC. The molecule has 0 rings (SSSR count). The number of Topliss-reactive ketones (excluding diaryl/α,β-unsaturated/α-hetero) is 2. The van der Waals surface area contributed by atoms with Gasteiger partial charge >= 0.3 is 0 Å². The topological polar surface area (TPSA) is 52.6 Å². The van der Waals surface area contributed by atoms with Crippen molar-refractivity contribution in [2.75, 3.05) is 21.0 Å². The Kier molecular flexibility index (Phi) is 66.1.